The Hall–Kier alpha value is -2.30. The van der Waals surface area contributed by atoms with E-state index in [9.17, 15) is 23.3 Å². The molecule has 0 saturated carbocycles. The molecule has 0 fully saturated rings. The van der Waals surface area contributed by atoms with E-state index in [4.69, 9.17) is 0 Å². The molecule has 10 heteroatoms. The number of nitro benzene ring substituents is 1. The Bertz CT molecular complexity index is 884. The first-order valence-corrected chi connectivity index (χ1v) is 9.36. The van der Waals surface area contributed by atoms with Crippen molar-refractivity contribution in [3.63, 3.8) is 0 Å². The van der Waals surface area contributed by atoms with Gasteiger partial charge >= 0.3 is 0 Å². The molecular formula is C15H14BrN3O5S. The Morgan fingerprint density at radius 1 is 1.08 bits per heavy atom. The SMILES string of the molecule is O=C(NCCNS(=O)(=O)c1ccc([N+](=O)[O-])cc1)c1ccccc1Br. The normalized spacial score (nSPS) is 11.1. The lowest BCUT2D eigenvalue weighted by Crippen LogP contribution is -2.34. The predicted molar refractivity (Wildman–Crippen MR) is 94.8 cm³/mol. The fourth-order valence-electron chi connectivity index (χ4n) is 1.93. The number of non-ortho nitro benzene ring substituents is 1. The van der Waals surface area contributed by atoms with Crippen LogP contribution in [0.15, 0.2) is 57.9 Å². The number of rotatable bonds is 7. The molecule has 0 heterocycles. The van der Waals surface area contributed by atoms with E-state index in [-0.39, 0.29) is 29.6 Å². The minimum atomic E-state index is -3.81. The quantitative estimate of drug-likeness (QED) is 0.398. The van der Waals surface area contributed by atoms with E-state index in [1.807, 2.05) is 0 Å². The molecule has 132 valence electrons. The van der Waals surface area contributed by atoms with Gasteiger partial charge in [0.15, 0.2) is 0 Å². The van der Waals surface area contributed by atoms with Crippen molar-refractivity contribution >= 4 is 37.5 Å². The zero-order chi connectivity index (χ0) is 18.4. The van der Waals surface area contributed by atoms with Crippen LogP contribution in [0.2, 0.25) is 0 Å². The molecule has 2 aromatic rings. The number of hydrogen-bond acceptors (Lipinski definition) is 5. The Labute approximate surface area is 152 Å². The van der Waals surface area contributed by atoms with Gasteiger partial charge in [0.05, 0.1) is 15.4 Å². The molecule has 2 aromatic carbocycles. The Morgan fingerprint density at radius 2 is 1.72 bits per heavy atom. The van der Waals surface area contributed by atoms with Crippen molar-refractivity contribution in [2.75, 3.05) is 13.1 Å². The summed E-state index contributed by atoms with van der Waals surface area (Å²) in [5.41, 5.74) is 0.250. The van der Waals surface area contributed by atoms with Gasteiger partial charge in [-0.2, -0.15) is 0 Å². The van der Waals surface area contributed by atoms with Gasteiger partial charge in [0.2, 0.25) is 10.0 Å². The molecule has 0 aromatic heterocycles. The minimum absolute atomic E-state index is 0.0183. The maximum Gasteiger partial charge on any atom is 0.269 e. The van der Waals surface area contributed by atoms with E-state index >= 15 is 0 Å². The molecule has 0 spiro atoms. The van der Waals surface area contributed by atoms with Crippen LogP contribution in [0.3, 0.4) is 0 Å². The Balaban J connectivity index is 1.89. The number of nitrogens with zero attached hydrogens (tertiary/aromatic N) is 1. The van der Waals surface area contributed by atoms with Crippen molar-refractivity contribution in [3.05, 3.63) is 68.7 Å². The van der Waals surface area contributed by atoms with Crippen molar-refractivity contribution in [2.24, 2.45) is 0 Å². The number of benzene rings is 2. The third-order valence-electron chi connectivity index (χ3n) is 3.18. The van der Waals surface area contributed by atoms with Crippen LogP contribution in [0.25, 0.3) is 0 Å². The van der Waals surface area contributed by atoms with Crippen molar-refractivity contribution in [2.45, 2.75) is 4.90 Å². The molecule has 1 amide bonds. The molecule has 0 aliphatic carbocycles. The highest BCUT2D eigenvalue weighted by Crippen LogP contribution is 2.16. The molecule has 2 rings (SSSR count). The zero-order valence-corrected chi connectivity index (χ0v) is 15.2. The third-order valence-corrected chi connectivity index (χ3v) is 5.35. The predicted octanol–water partition coefficient (Wildman–Crippen LogP) is 2.07. The third kappa shape index (κ3) is 5.08. The largest absolute Gasteiger partial charge is 0.351 e. The lowest BCUT2D eigenvalue weighted by Gasteiger charge is -2.09. The van der Waals surface area contributed by atoms with Crippen LogP contribution in [-0.4, -0.2) is 32.3 Å². The average Bonchev–Trinajstić information content (AvgIpc) is 2.59. The molecule has 0 bridgehead atoms. The van der Waals surface area contributed by atoms with E-state index in [0.717, 1.165) is 24.3 Å². The number of nitro groups is 1. The number of carbonyl (C=O) groups is 1. The lowest BCUT2D eigenvalue weighted by molar-refractivity contribution is -0.384. The van der Waals surface area contributed by atoms with Crippen LogP contribution >= 0.6 is 15.9 Å². The standard InChI is InChI=1S/C15H14BrN3O5S/c16-14-4-2-1-3-13(14)15(20)17-9-10-18-25(23,24)12-7-5-11(6-8-12)19(21)22/h1-8,18H,9-10H2,(H,17,20). The van der Waals surface area contributed by atoms with Crippen molar-refractivity contribution in [1.82, 2.24) is 10.0 Å². The highest BCUT2D eigenvalue weighted by atomic mass is 79.9. The first kappa shape index (κ1) is 19.0. The van der Waals surface area contributed by atoms with Gasteiger partial charge in [0, 0.05) is 29.7 Å². The zero-order valence-electron chi connectivity index (χ0n) is 12.8. The molecule has 0 saturated heterocycles. The number of carbonyl (C=O) groups excluding carboxylic acids is 1. The first-order valence-electron chi connectivity index (χ1n) is 7.08. The van der Waals surface area contributed by atoms with E-state index in [0.29, 0.717) is 10.0 Å². The fourth-order valence-corrected chi connectivity index (χ4v) is 3.43. The second-order valence-corrected chi connectivity index (χ2v) is 7.51. The summed E-state index contributed by atoms with van der Waals surface area (Å²) in [4.78, 5) is 21.9. The van der Waals surface area contributed by atoms with Gasteiger partial charge in [-0.05, 0) is 40.2 Å². The summed E-state index contributed by atoms with van der Waals surface area (Å²) in [5.74, 6) is -0.331. The first-order chi connectivity index (χ1) is 11.8. The van der Waals surface area contributed by atoms with Gasteiger partial charge in [-0.15, -0.1) is 0 Å². The molecular weight excluding hydrogens is 414 g/mol. The fraction of sp³-hybridized carbons (Fsp3) is 0.133. The Kier molecular flexibility index (Phi) is 6.23. The maximum atomic E-state index is 12.1. The number of nitrogens with one attached hydrogen (secondary N) is 2. The highest BCUT2D eigenvalue weighted by Gasteiger charge is 2.15. The summed E-state index contributed by atoms with van der Waals surface area (Å²) in [5, 5.41) is 13.2. The number of amides is 1. The molecule has 0 unspecified atom stereocenters. The number of sulfonamides is 1. The van der Waals surface area contributed by atoms with Gasteiger partial charge in [0.1, 0.15) is 0 Å². The van der Waals surface area contributed by atoms with Crippen LogP contribution in [0.5, 0.6) is 0 Å². The Morgan fingerprint density at radius 3 is 2.32 bits per heavy atom. The van der Waals surface area contributed by atoms with E-state index in [1.54, 1.807) is 24.3 Å². The van der Waals surface area contributed by atoms with Gasteiger partial charge in [-0.25, -0.2) is 13.1 Å². The molecule has 0 atom stereocenters. The summed E-state index contributed by atoms with van der Waals surface area (Å²) < 4.78 is 27.1. The molecule has 2 N–H and O–H groups in total. The van der Waals surface area contributed by atoms with Gasteiger partial charge in [-0.1, -0.05) is 12.1 Å². The summed E-state index contributed by atoms with van der Waals surface area (Å²) in [6, 6.07) is 11.4. The summed E-state index contributed by atoms with van der Waals surface area (Å²) in [6.07, 6.45) is 0. The monoisotopic (exact) mass is 427 g/mol. The summed E-state index contributed by atoms with van der Waals surface area (Å²) in [6.45, 7) is 0.0713. The average molecular weight is 428 g/mol. The van der Waals surface area contributed by atoms with E-state index in [2.05, 4.69) is 26.0 Å². The molecule has 25 heavy (non-hydrogen) atoms. The maximum absolute atomic E-state index is 12.1. The van der Waals surface area contributed by atoms with Crippen molar-refractivity contribution in [1.29, 1.82) is 0 Å². The van der Waals surface area contributed by atoms with Crippen LogP contribution in [0.1, 0.15) is 10.4 Å². The van der Waals surface area contributed by atoms with Gasteiger partial charge < -0.3 is 5.32 Å². The second-order valence-electron chi connectivity index (χ2n) is 4.88. The summed E-state index contributed by atoms with van der Waals surface area (Å²) >= 11 is 3.26. The smallest absolute Gasteiger partial charge is 0.269 e. The summed E-state index contributed by atoms with van der Waals surface area (Å²) in [7, 11) is -3.81. The van der Waals surface area contributed by atoms with Crippen LogP contribution in [0.4, 0.5) is 5.69 Å². The van der Waals surface area contributed by atoms with Gasteiger partial charge in [0.25, 0.3) is 11.6 Å². The van der Waals surface area contributed by atoms with Crippen LogP contribution < -0.4 is 10.0 Å². The highest BCUT2D eigenvalue weighted by molar-refractivity contribution is 9.10. The second kappa shape index (κ2) is 8.19. The van der Waals surface area contributed by atoms with Crippen LogP contribution in [-0.2, 0) is 10.0 Å². The minimum Gasteiger partial charge on any atom is -0.351 e. The van der Waals surface area contributed by atoms with Crippen LogP contribution in [0, 0.1) is 10.1 Å². The van der Waals surface area contributed by atoms with E-state index < -0.39 is 14.9 Å². The van der Waals surface area contributed by atoms with Crippen molar-refractivity contribution < 1.29 is 18.1 Å². The molecule has 8 nitrogen and oxygen atoms in total. The topological polar surface area (TPSA) is 118 Å². The van der Waals surface area contributed by atoms with Gasteiger partial charge in [-0.3, -0.25) is 14.9 Å². The van der Waals surface area contributed by atoms with E-state index in [1.165, 1.54) is 0 Å². The number of halogens is 1. The molecule has 0 aliphatic rings. The molecule has 0 radical (unpaired) electrons. The molecule has 0 aliphatic heterocycles. The number of hydrogen-bond donors (Lipinski definition) is 2. The lowest BCUT2D eigenvalue weighted by atomic mass is 10.2. The van der Waals surface area contributed by atoms with Crippen molar-refractivity contribution in [3.8, 4) is 0 Å².